The van der Waals surface area contributed by atoms with Crippen molar-refractivity contribution in [1.82, 2.24) is 0 Å². The lowest BCUT2D eigenvalue weighted by Gasteiger charge is -2.27. The highest BCUT2D eigenvalue weighted by Gasteiger charge is 2.21. The van der Waals surface area contributed by atoms with Gasteiger partial charge in [-0.3, -0.25) is 0 Å². The third-order valence-electron chi connectivity index (χ3n) is 3.73. The van der Waals surface area contributed by atoms with Crippen molar-refractivity contribution in [2.24, 2.45) is 11.7 Å². The van der Waals surface area contributed by atoms with Crippen molar-refractivity contribution in [2.45, 2.75) is 50.0 Å². The first-order chi connectivity index (χ1) is 8.31. The molecule has 17 heavy (non-hydrogen) atoms. The molecule has 1 aliphatic rings. The van der Waals surface area contributed by atoms with E-state index in [2.05, 4.69) is 31.2 Å². The summed E-state index contributed by atoms with van der Waals surface area (Å²) in [6.45, 7) is 2.19. The Balaban J connectivity index is 2.00. The zero-order chi connectivity index (χ0) is 12.1. The number of rotatable bonds is 4. The molecule has 0 radical (unpaired) electrons. The van der Waals surface area contributed by atoms with Crippen molar-refractivity contribution in [2.75, 3.05) is 5.75 Å². The van der Waals surface area contributed by atoms with Crippen molar-refractivity contribution >= 4 is 11.8 Å². The molecule has 1 atom stereocenters. The van der Waals surface area contributed by atoms with Crippen LogP contribution in [0.3, 0.4) is 0 Å². The zero-order valence-corrected chi connectivity index (χ0v) is 11.5. The van der Waals surface area contributed by atoms with Gasteiger partial charge in [0.05, 0.1) is 0 Å². The maximum absolute atomic E-state index is 6.39. The van der Waals surface area contributed by atoms with Gasteiger partial charge in [-0.25, -0.2) is 0 Å². The summed E-state index contributed by atoms with van der Waals surface area (Å²) in [6.07, 6.45) is 6.75. The van der Waals surface area contributed by atoms with Crippen LogP contribution in [0.4, 0.5) is 0 Å². The van der Waals surface area contributed by atoms with E-state index in [4.69, 9.17) is 5.73 Å². The van der Waals surface area contributed by atoms with Crippen molar-refractivity contribution in [1.29, 1.82) is 0 Å². The molecule has 1 aromatic carbocycles. The normalized spacial score (nSPS) is 19.2. The molecule has 1 saturated carbocycles. The van der Waals surface area contributed by atoms with Gasteiger partial charge in [0.2, 0.25) is 0 Å². The topological polar surface area (TPSA) is 26.0 Å². The Labute approximate surface area is 109 Å². The van der Waals surface area contributed by atoms with E-state index in [-0.39, 0.29) is 6.04 Å². The number of benzene rings is 1. The van der Waals surface area contributed by atoms with Crippen molar-refractivity contribution in [3.63, 3.8) is 0 Å². The van der Waals surface area contributed by atoms with Gasteiger partial charge in [0.1, 0.15) is 0 Å². The Hall–Kier alpha value is -0.470. The molecule has 94 valence electrons. The first-order valence-corrected chi connectivity index (χ1v) is 7.78. The van der Waals surface area contributed by atoms with Crippen LogP contribution in [-0.2, 0) is 0 Å². The summed E-state index contributed by atoms with van der Waals surface area (Å²) in [5.74, 6) is 1.84. The minimum Gasteiger partial charge on any atom is -0.324 e. The fourth-order valence-electron chi connectivity index (χ4n) is 2.72. The average molecular weight is 249 g/mol. The molecule has 0 bridgehead atoms. The van der Waals surface area contributed by atoms with E-state index in [1.807, 2.05) is 11.8 Å². The van der Waals surface area contributed by atoms with E-state index in [9.17, 15) is 0 Å². The Morgan fingerprint density at radius 3 is 2.41 bits per heavy atom. The fourth-order valence-corrected chi connectivity index (χ4v) is 3.38. The molecule has 2 rings (SSSR count). The van der Waals surface area contributed by atoms with Crippen LogP contribution in [0.15, 0.2) is 29.2 Å². The van der Waals surface area contributed by atoms with Gasteiger partial charge in [-0.1, -0.05) is 38.3 Å². The second-order valence-corrected chi connectivity index (χ2v) is 6.26. The van der Waals surface area contributed by atoms with Gasteiger partial charge in [-0.2, -0.15) is 0 Å². The van der Waals surface area contributed by atoms with Gasteiger partial charge >= 0.3 is 0 Å². The number of hydrogen-bond donors (Lipinski definition) is 1. The van der Waals surface area contributed by atoms with E-state index >= 15 is 0 Å². The third-order valence-corrected chi connectivity index (χ3v) is 4.63. The monoisotopic (exact) mass is 249 g/mol. The van der Waals surface area contributed by atoms with Crippen LogP contribution in [0.1, 0.15) is 50.6 Å². The van der Waals surface area contributed by atoms with Gasteiger partial charge in [0.25, 0.3) is 0 Å². The number of hydrogen-bond acceptors (Lipinski definition) is 2. The van der Waals surface area contributed by atoms with E-state index in [0.29, 0.717) is 5.92 Å². The number of thioether (sulfide) groups is 1. The highest BCUT2D eigenvalue weighted by Crippen LogP contribution is 2.33. The fraction of sp³-hybridized carbons (Fsp3) is 0.600. The predicted octanol–water partition coefficient (Wildman–Crippen LogP) is 4.38. The highest BCUT2D eigenvalue weighted by molar-refractivity contribution is 7.99. The third kappa shape index (κ3) is 3.49. The van der Waals surface area contributed by atoms with Crippen LogP contribution in [0.5, 0.6) is 0 Å². The van der Waals surface area contributed by atoms with Crippen molar-refractivity contribution in [3.8, 4) is 0 Å². The Bertz CT molecular complexity index is 327. The van der Waals surface area contributed by atoms with E-state index < -0.39 is 0 Å². The number of nitrogens with two attached hydrogens (primary N) is 1. The van der Waals surface area contributed by atoms with Crippen molar-refractivity contribution < 1.29 is 0 Å². The lowest BCUT2D eigenvalue weighted by molar-refractivity contribution is 0.308. The second-order valence-electron chi connectivity index (χ2n) is 4.93. The molecule has 2 heteroatoms. The van der Waals surface area contributed by atoms with Crippen LogP contribution < -0.4 is 5.73 Å². The van der Waals surface area contributed by atoms with Gasteiger partial charge in [-0.15, -0.1) is 11.8 Å². The van der Waals surface area contributed by atoms with Crippen molar-refractivity contribution in [3.05, 3.63) is 29.8 Å². The van der Waals surface area contributed by atoms with E-state index in [1.54, 1.807) is 0 Å². The Kier molecular flexibility index (Phi) is 4.93. The minimum atomic E-state index is 0.246. The van der Waals surface area contributed by atoms with Crippen LogP contribution >= 0.6 is 11.8 Å². The molecule has 1 aromatic rings. The molecule has 0 amide bonds. The summed E-state index contributed by atoms with van der Waals surface area (Å²) < 4.78 is 0. The molecule has 0 heterocycles. The molecular weight excluding hydrogens is 226 g/mol. The SMILES string of the molecule is CCSc1ccc([C@@H](N)C2CCCCC2)cc1. The Morgan fingerprint density at radius 1 is 1.18 bits per heavy atom. The summed E-state index contributed by atoms with van der Waals surface area (Å²) >= 11 is 1.89. The molecule has 1 nitrogen and oxygen atoms in total. The summed E-state index contributed by atoms with van der Waals surface area (Å²) in [5, 5.41) is 0. The maximum Gasteiger partial charge on any atom is 0.0323 e. The van der Waals surface area contributed by atoms with Crippen LogP contribution in [0.2, 0.25) is 0 Å². The highest BCUT2D eigenvalue weighted by atomic mass is 32.2. The summed E-state index contributed by atoms with van der Waals surface area (Å²) in [7, 11) is 0. The summed E-state index contributed by atoms with van der Waals surface area (Å²) in [6, 6.07) is 9.11. The summed E-state index contributed by atoms with van der Waals surface area (Å²) in [5.41, 5.74) is 7.70. The maximum atomic E-state index is 6.39. The average Bonchev–Trinajstić information content (AvgIpc) is 2.40. The van der Waals surface area contributed by atoms with Crippen LogP contribution in [-0.4, -0.2) is 5.75 Å². The van der Waals surface area contributed by atoms with Gasteiger partial charge < -0.3 is 5.73 Å². The molecule has 0 aromatic heterocycles. The molecular formula is C15H23NS. The second kappa shape index (κ2) is 6.46. The van der Waals surface area contributed by atoms with E-state index in [0.717, 1.165) is 5.75 Å². The first-order valence-electron chi connectivity index (χ1n) is 6.79. The zero-order valence-electron chi connectivity index (χ0n) is 10.7. The summed E-state index contributed by atoms with van der Waals surface area (Å²) in [4.78, 5) is 1.35. The molecule has 0 unspecified atom stereocenters. The predicted molar refractivity (Wildman–Crippen MR) is 76.3 cm³/mol. The van der Waals surface area contributed by atoms with Gasteiger partial charge in [-0.05, 0) is 42.2 Å². The molecule has 0 aliphatic heterocycles. The standard InChI is InChI=1S/C15H23NS/c1-2-17-14-10-8-13(9-11-14)15(16)12-6-4-3-5-7-12/h8-12,15H,2-7,16H2,1H3/t15-/m0/s1. The lowest BCUT2D eigenvalue weighted by Crippen LogP contribution is -2.23. The first kappa shape index (κ1) is 13.0. The minimum absolute atomic E-state index is 0.246. The smallest absolute Gasteiger partial charge is 0.0323 e. The van der Waals surface area contributed by atoms with Crippen LogP contribution in [0, 0.1) is 5.92 Å². The van der Waals surface area contributed by atoms with Crippen LogP contribution in [0.25, 0.3) is 0 Å². The quantitative estimate of drug-likeness (QED) is 0.801. The molecule has 2 N–H and O–H groups in total. The Morgan fingerprint density at radius 2 is 1.82 bits per heavy atom. The van der Waals surface area contributed by atoms with Gasteiger partial charge in [0, 0.05) is 10.9 Å². The van der Waals surface area contributed by atoms with E-state index in [1.165, 1.54) is 42.6 Å². The molecule has 0 spiro atoms. The van der Waals surface area contributed by atoms with Gasteiger partial charge in [0.15, 0.2) is 0 Å². The molecule has 0 saturated heterocycles. The molecule has 1 aliphatic carbocycles. The molecule has 1 fully saturated rings. The lowest BCUT2D eigenvalue weighted by atomic mass is 9.81. The largest absolute Gasteiger partial charge is 0.324 e.